The van der Waals surface area contributed by atoms with Crippen molar-refractivity contribution in [2.75, 3.05) is 17.3 Å². The summed E-state index contributed by atoms with van der Waals surface area (Å²) >= 11 is 4.14. The standard InChI is InChI=1S/C8H18S2/c1-4-5-9-6-7-10-8(2)3/h8H,4-7H2,1-3H3. The van der Waals surface area contributed by atoms with Crippen molar-refractivity contribution >= 4 is 23.5 Å². The highest BCUT2D eigenvalue weighted by molar-refractivity contribution is 8.03. The molecule has 0 unspecified atom stereocenters. The maximum atomic E-state index is 2.26. The second-order valence-corrected chi connectivity index (χ2v) is 5.44. The van der Waals surface area contributed by atoms with E-state index in [-0.39, 0.29) is 0 Å². The minimum atomic E-state index is 0.808. The van der Waals surface area contributed by atoms with Gasteiger partial charge in [0.1, 0.15) is 0 Å². The Morgan fingerprint density at radius 1 is 1.10 bits per heavy atom. The van der Waals surface area contributed by atoms with Crippen LogP contribution in [0.5, 0.6) is 0 Å². The van der Waals surface area contributed by atoms with Gasteiger partial charge < -0.3 is 0 Å². The molecule has 0 aliphatic heterocycles. The predicted molar refractivity (Wildman–Crippen MR) is 55.2 cm³/mol. The molecule has 10 heavy (non-hydrogen) atoms. The summed E-state index contributed by atoms with van der Waals surface area (Å²) in [5.41, 5.74) is 0. The summed E-state index contributed by atoms with van der Waals surface area (Å²) < 4.78 is 0. The number of hydrogen-bond acceptors (Lipinski definition) is 2. The SMILES string of the molecule is CCCSCCSC(C)C. The zero-order valence-electron chi connectivity index (χ0n) is 7.22. The molecule has 0 aliphatic rings. The highest BCUT2D eigenvalue weighted by atomic mass is 32.2. The van der Waals surface area contributed by atoms with Crippen LogP contribution in [0.1, 0.15) is 27.2 Å². The lowest BCUT2D eigenvalue weighted by molar-refractivity contribution is 1.10. The number of hydrogen-bond donors (Lipinski definition) is 0. The zero-order valence-corrected chi connectivity index (χ0v) is 8.86. The average molecular weight is 178 g/mol. The van der Waals surface area contributed by atoms with Crippen LogP contribution in [-0.2, 0) is 0 Å². The lowest BCUT2D eigenvalue weighted by Gasteiger charge is -2.02. The maximum Gasteiger partial charge on any atom is 0.00261 e. The molecule has 0 spiro atoms. The summed E-state index contributed by atoms with van der Waals surface area (Å²) in [5, 5.41) is 0.808. The smallest absolute Gasteiger partial charge is 0.00261 e. The first-order valence-corrected chi connectivity index (χ1v) is 6.17. The Bertz CT molecular complexity index is 62.3. The van der Waals surface area contributed by atoms with Crippen LogP contribution in [0.4, 0.5) is 0 Å². The molecular formula is C8H18S2. The Hall–Kier alpha value is 0.700. The first-order valence-electron chi connectivity index (χ1n) is 3.96. The van der Waals surface area contributed by atoms with E-state index in [1.165, 1.54) is 23.7 Å². The molecule has 0 aromatic rings. The Labute approximate surface area is 73.5 Å². The van der Waals surface area contributed by atoms with Crippen molar-refractivity contribution in [1.29, 1.82) is 0 Å². The molecule has 0 aromatic heterocycles. The van der Waals surface area contributed by atoms with Gasteiger partial charge in [-0.05, 0) is 17.4 Å². The molecule has 2 heteroatoms. The second-order valence-electron chi connectivity index (χ2n) is 2.53. The fourth-order valence-corrected chi connectivity index (χ4v) is 2.41. The van der Waals surface area contributed by atoms with Crippen molar-refractivity contribution in [1.82, 2.24) is 0 Å². The normalized spacial score (nSPS) is 10.8. The van der Waals surface area contributed by atoms with Crippen LogP contribution in [-0.4, -0.2) is 22.5 Å². The van der Waals surface area contributed by atoms with Gasteiger partial charge in [-0.3, -0.25) is 0 Å². The molecule has 0 fully saturated rings. The molecule has 62 valence electrons. The second kappa shape index (κ2) is 7.80. The summed E-state index contributed by atoms with van der Waals surface area (Å²) in [6.07, 6.45) is 1.32. The molecule has 0 nitrogen and oxygen atoms in total. The van der Waals surface area contributed by atoms with E-state index in [9.17, 15) is 0 Å². The highest BCUT2D eigenvalue weighted by Crippen LogP contribution is 2.12. The van der Waals surface area contributed by atoms with E-state index < -0.39 is 0 Å². The number of rotatable bonds is 6. The summed E-state index contributed by atoms with van der Waals surface area (Å²) in [5.74, 6) is 3.98. The van der Waals surface area contributed by atoms with Crippen molar-refractivity contribution in [2.45, 2.75) is 32.4 Å². The third kappa shape index (κ3) is 8.70. The van der Waals surface area contributed by atoms with Gasteiger partial charge in [-0.15, -0.1) is 0 Å². The molecule has 0 rings (SSSR count). The van der Waals surface area contributed by atoms with Crippen molar-refractivity contribution in [3.8, 4) is 0 Å². The third-order valence-electron chi connectivity index (χ3n) is 1.03. The molecule has 0 atom stereocenters. The van der Waals surface area contributed by atoms with Crippen molar-refractivity contribution in [3.63, 3.8) is 0 Å². The Morgan fingerprint density at radius 3 is 2.30 bits per heavy atom. The van der Waals surface area contributed by atoms with Crippen LogP contribution in [0.15, 0.2) is 0 Å². The van der Waals surface area contributed by atoms with Gasteiger partial charge >= 0.3 is 0 Å². The van der Waals surface area contributed by atoms with Crippen molar-refractivity contribution in [3.05, 3.63) is 0 Å². The average Bonchev–Trinajstić information content (AvgIpc) is 1.87. The van der Waals surface area contributed by atoms with Crippen LogP contribution in [0.25, 0.3) is 0 Å². The summed E-state index contributed by atoms with van der Waals surface area (Å²) in [6.45, 7) is 6.76. The van der Waals surface area contributed by atoms with Gasteiger partial charge in [0.05, 0.1) is 0 Å². The zero-order chi connectivity index (χ0) is 7.82. The summed E-state index contributed by atoms with van der Waals surface area (Å²) in [7, 11) is 0. The van der Waals surface area contributed by atoms with E-state index in [4.69, 9.17) is 0 Å². The third-order valence-corrected chi connectivity index (χ3v) is 3.58. The first kappa shape index (κ1) is 10.7. The van der Waals surface area contributed by atoms with Crippen LogP contribution < -0.4 is 0 Å². The molecular weight excluding hydrogens is 160 g/mol. The van der Waals surface area contributed by atoms with E-state index in [0.717, 1.165) is 5.25 Å². The van der Waals surface area contributed by atoms with Crippen molar-refractivity contribution < 1.29 is 0 Å². The van der Waals surface area contributed by atoms with E-state index in [2.05, 4.69) is 44.3 Å². The van der Waals surface area contributed by atoms with Crippen LogP contribution >= 0.6 is 23.5 Å². The Kier molecular flexibility index (Phi) is 8.35. The topological polar surface area (TPSA) is 0 Å². The van der Waals surface area contributed by atoms with Gasteiger partial charge in [0, 0.05) is 11.5 Å². The Balaban J connectivity index is 2.77. The van der Waals surface area contributed by atoms with E-state index >= 15 is 0 Å². The van der Waals surface area contributed by atoms with Gasteiger partial charge in [-0.2, -0.15) is 23.5 Å². The lowest BCUT2D eigenvalue weighted by Crippen LogP contribution is -1.92. The maximum absolute atomic E-state index is 2.26. The lowest BCUT2D eigenvalue weighted by atomic mass is 10.6. The minimum Gasteiger partial charge on any atom is -0.161 e. The highest BCUT2D eigenvalue weighted by Gasteiger charge is 1.92. The first-order chi connectivity index (χ1) is 4.77. The summed E-state index contributed by atoms with van der Waals surface area (Å²) in [4.78, 5) is 0. The van der Waals surface area contributed by atoms with E-state index in [1.54, 1.807) is 0 Å². The molecule has 0 bridgehead atoms. The van der Waals surface area contributed by atoms with E-state index in [0.29, 0.717) is 0 Å². The molecule has 0 radical (unpaired) electrons. The van der Waals surface area contributed by atoms with Gasteiger partial charge in [-0.1, -0.05) is 20.8 Å². The van der Waals surface area contributed by atoms with E-state index in [1.807, 2.05) is 0 Å². The largest absolute Gasteiger partial charge is 0.161 e. The predicted octanol–water partition coefficient (Wildman–Crippen LogP) is 3.27. The molecule has 0 N–H and O–H groups in total. The van der Waals surface area contributed by atoms with Crippen LogP contribution in [0.2, 0.25) is 0 Å². The molecule has 0 amide bonds. The van der Waals surface area contributed by atoms with Crippen molar-refractivity contribution in [2.24, 2.45) is 0 Å². The fraction of sp³-hybridized carbons (Fsp3) is 1.00. The monoisotopic (exact) mass is 178 g/mol. The van der Waals surface area contributed by atoms with Gasteiger partial charge in [0.25, 0.3) is 0 Å². The van der Waals surface area contributed by atoms with Crippen LogP contribution in [0, 0.1) is 0 Å². The molecule has 0 aromatic carbocycles. The van der Waals surface area contributed by atoms with Crippen LogP contribution in [0.3, 0.4) is 0 Å². The Morgan fingerprint density at radius 2 is 1.80 bits per heavy atom. The van der Waals surface area contributed by atoms with Gasteiger partial charge in [0.2, 0.25) is 0 Å². The minimum absolute atomic E-state index is 0.808. The molecule has 0 aliphatic carbocycles. The molecule has 0 saturated carbocycles. The summed E-state index contributed by atoms with van der Waals surface area (Å²) in [6, 6.07) is 0. The molecule has 0 heterocycles. The van der Waals surface area contributed by atoms with Gasteiger partial charge in [-0.25, -0.2) is 0 Å². The van der Waals surface area contributed by atoms with Gasteiger partial charge in [0.15, 0.2) is 0 Å². The molecule has 0 saturated heterocycles. The quantitative estimate of drug-likeness (QED) is 0.573. The number of thioether (sulfide) groups is 2. The fourth-order valence-electron chi connectivity index (χ4n) is 0.589.